The number of hydrogen-bond acceptors (Lipinski definition) is 6. The highest BCUT2D eigenvalue weighted by atomic mass is 16.7. The summed E-state index contributed by atoms with van der Waals surface area (Å²) in [6.07, 6.45) is 2.37. The molecule has 8 nitrogen and oxygen atoms in total. The molecule has 0 bridgehead atoms. The summed E-state index contributed by atoms with van der Waals surface area (Å²) in [6.45, 7) is 5.87. The Morgan fingerprint density at radius 3 is 2.17 bits per heavy atom. The third-order valence-corrected chi connectivity index (χ3v) is 6.80. The number of carbonyl (C=O) groups excluding carboxylic acids is 2. The molecule has 0 atom stereocenters. The zero-order valence-electron chi connectivity index (χ0n) is 20.6. The predicted molar refractivity (Wildman–Crippen MR) is 135 cm³/mol. The molecule has 1 amide bonds. The van der Waals surface area contributed by atoms with Crippen LogP contribution in [0.2, 0.25) is 0 Å². The lowest BCUT2D eigenvalue weighted by Gasteiger charge is -2.45. The SMILES string of the molecule is CCOC(=O)Oc1c2n(ccc1=O)N(C1c3ccccc3CCc3ccccc31)CN(C(C)C)C2=O. The standard InChI is InChI=1S/C28H29N3O5/c1-4-35-28(34)36-26-23(32)15-16-30-25(26)27(33)29(18(2)3)17-31(30)24-21-11-7-5-9-19(21)13-14-20-10-6-8-12-22(20)24/h5-12,15-16,18,24H,4,13-14,17H2,1-3H3. The van der Waals surface area contributed by atoms with E-state index in [1.165, 1.54) is 17.2 Å². The molecule has 0 fully saturated rings. The maximum absolute atomic E-state index is 13.7. The quantitative estimate of drug-likeness (QED) is 0.517. The first kappa shape index (κ1) is 23.7. The van der Waals surface area contributed by atoms with E-state index in [1.54, 1.807) is 22.7 Å². The third kappa shape index (κ3) is 4.02. The summed E-state index contributed by atoms with van der Waals surface area (Å²) in [5, 5.41) is 2.07. The van der Waals surface area contributed by atoms with Gasteiger partial charge in [-0.1, -0.05) is 48.5 Å². The molecule has 0 radical (unpaired) electrons. The molecule has 1 aliphatic carbocycles. The van der Waals surface area contributed by atoms with Gasteiger partial charge in [-0.15, -0.1) is 0 Å². The second kappa shape index (κ2) is 9.53. The zero-order chi connectivity index (χ0) is 25.4. The molecule has 0 spiro atoms. The highest BCUT2D eigenvalue weighted by Gasteiger charge is 2.40. The van der Waals surface area contributed by atoms with Gasteiger partial charge in [0.05, 0.1) is 12.6 Å². The predicted octanol–water partition coefficient (Wildman–Crippen LogP) is 4.03. The molecule has 8 heteroatoms. The normalized spacial score (nSPS) is 15.2. The van der Waals surface area contributed by atoms with Crippen LogP contribution in [0.1, 0.15) is 59.6 Å². The van der Waals surface area contributed by atoms with E-state index in [1.807, 2.05) is 38.1 Å². The van der Waals surface area contributed by atoms with Gasteiger partial charge in [0.25, 0.3) is 5.91 Å². The number of nitrogens with zero attached hydrogens (tertiary/aromatic N) is 3. The number of benzene rings is 2. The van der Waals surface area contributed by atoms with Gasteiger partial charge in [0.1, 0.15) is 6.67 Å². The highest BCUT2D eigenvalue weighted by molar-refractivity contribution is 5.97. The number of fused-ring (bicyclic) bond motifs is 3. The summed E-state index contributed by atoms with van der Waals surface area (Å²) in [5.74, 6) is -0.708. The first-order chi connectivity index (χ1) is 17.4. The molecule has 3 aromatic rings. The Bertz CT molecular complexity index is 1330. The van der Waals surface area contributed by atoms with Crippen LogP contribution in [-0.4, -0.2) is 41.0 Å². The van der Waals surface area contributed by atoms with Crippen molar-refractivity contribution in [1.82, 2.24) is 9.58 Å². The van der Waals surface area contributed by atoms with Gasteiger partial charge >= 0.3 is 6.16 Å². The van der Waals surface area contributed by atoms with E-state index in [4.69, 9.17) is 9.47 Å². The summed E-state index contributed by atoms with van der Waals surface area (Å²) in [7, 11) is 0. The molecule has 36 heavy (non-hydrogen) atoms. The minimum Gasteiger partial charge on any atom is -0.434 e. The monoisotopic (exact) mass is 487 g/mol. The van der Waals surface area contributed by atoms with Crippen LogP contribution >= 0.6 is 0 Å². The molecule has 2 heterocycles. The number of amides is 1. The molecule has 1 aliphatic heterocycles. The highest BCUT2D eigenvalue weighted by Crippen LogP contribution is 2.38. The van der Waals surface area contributed by atoms with Crippen molar-refractivity contribution >= 4 is 12.1 Å². The number of carbonyl (C=O) groups is 2. The Labute approximate surface area is 209 Å². The van der Waals surface area contributed by atoms with Crippen LogP contribution in [0, 0.1) is 0 Å². The maximum Gasteiger partial charge on any atom is 0.514 e. The van der Waals surface area contributed by atoms with E-state index in [9.17, 15) is 14.4 Å². The smallest absolute Gasteiger partial charge is 0.434 e. The number of hydrogen-bond donors (Lipinski definition) is 0. The summed E-state index contributed by atoms with van der Waals surface area (Å²) >= 11 is 0. The molecular formula is C28H29N3O5. The van der Waals surface area contributed by atoms with E-state index >= 15 is 0 Å². The fourth-order valence-electron chi connectivity index (χ4n) is 5.09. The minimum absolute atomic E-state index is 0.00899. The van der Waals surface area contributed by atoms with Crippen LogP contribution in [0.25, 0.3) is 0 Å². The summed E-state index contributed by atoms with van der Waals surface area (Å²) in [5.41, 5.74) is 4.19. The number of ether oxygens (including phenoxy) is 2. The number of aryl methyl sites for hydroxylation is 2. The van der Waals surface area contributed by atoms with Crippen LogP contribution in [0.4, 0.5) is 4.79 Å². The van der Waals surface area contributed by atoms with E-state index in [2.05, 4.69) is 29.3 Å². The summed E-state index contributed by atoms with van der Waals surface area (Å²) < 4.78 is 11.9. The number of rotatable bonds is 4. The second-order valence-corrected chi connectivity index (χ2v) is 9.24. The molecule has 186 valence electrons. The van der Waals surface area contributed by atoms with Crippen LogP contribution in [0.5, 0.6) is 5.75 Å². The van der Waals surface area contributed by atoms with Gasteiger partial charge in [0, 0.05) is 18.3 Å². The Balaban J connectivity index is 1.75. The third-order valence-electron chi connectivity index (χ3n) is 6.80. The lowest BCUT2D eigenvalue weighted by Crippen LogP contribution is -2.57. The van der Waals surface area contributed by atoms with Crippen LogP contribution in [0.3, 0.4) is 0 Å². The molecule has 0 N–H and O–H groups in total. The Kier molecular flexibility index (Phi) is 6.26. The Morgan fingerprint density at radius 2 is 1.58 bits per heavy atom. The van der Waals surface area contributed by atoms with Gasteiger partial charge in [-0.2, -0.15) is 0 Å². The van der Waals surface area contributed by atoms with Gasteiger partial charge in [-0.05, 0) is 55.9 Å². The first-order valence-electron chi connectivity index (χ1n) is 12.2. The van der Waals surface area contributed by atoms with Gasteiger partial charge in [-0.3, -0.25) is 19.3 Å². The van der Waals surface area contributed by atoms with Gasteiger partial charge < -0.3 is 14.4 Å². The second-order valence-electron chi connectivity index (χ2n) is 9.24. The van der Waals surface area contributed by atoms with Crippen molar-refractivity contribution in [2.75, 3.05) is 18.3 Å². The van der Waals surface area contributed by atoms with E-state index < -0.39 is 11.6 Å². The van der Waals surface area contributed by atoms with Crippen molar-refractivity contribution in [2.45, 2.75) is 45.7 Å². The molecule has 0 saturated carbocycles. The van der Waals surface area contributed by atoms with E-state index in [-0.39, 0.29) is 36.0 Å². The fraction of sp³-hybridized carbons (Fsp3) is 0.321. The fourth-order valence-corrected chi connectivity index (χ4v) is 5.09. The largest absolute Gasteiger partial charge is 0.514 e. The molecule has 0 unspecified atom stereocenters. The maximum atomic E-state index is 13.7. The molecule has 2 aliphatic rings. The Hall–Kier alpha value is -4.07. The van der Waals surface area contributed by atoms with Crippen LogP contribution in [0.15, 0.2) is 65.6 Å². The molecule has 0 saturated heterocycles. The van der Waals surface area contributed by atoms with Crippen molar-refractivity contribution < 1.29 is 19.1 Å². The first-order valence-corrected chi connectivity index (χ1v) is 12.2. The van der Waals surface area contributed by atoms with E-state index in [0.717, 1.165) is 24.0 Å². The molecular weight excluding hydrogens is 458 g/mol. The average Bonchev–Trinajstić information content (AvgIpc) is 3.03. The molecule has 2 aromatic carbocycles. The molecule has 5 rings (SSSR count). The van der Waals surface area contributed by atoms with Crippen molar-refractivity contribution in [1.29, 1.82) is 0 Å². The van der Waals surface area contributed by atoms with Crippen molar-refractivity contribution in [3.8, 4) is 5.75 Å². The van der Waals surface area contributed by atoms with Crippen molar-refractivity contribution in [2.24, 2.45) is 0 Å². The summed E-state index contributed by atoms with van der Waals surface area (Å²) in [6, 6.07) is 17.6. The van der Waals surface area contributed by atoms with Crippen LogP contribution in [-0.2, 0) is 17.6 Å². The number of pyridine rings is 1. The van der Waals surface area contributed by atoms with Gasteiger partial charge in [-0.25, -0.2) is 4.79 Å². The lowest BCUT2D eigenvalue weighted by molar-refractivity contribution is 0.0616. The van der Waals surface area contributed by atoms with Crippen LogP contribution < -0.4 is 15.2 Å². The minimum atomic E-state index is -1.02. The van der Waals surface area contributed by atoms with Gasteiger partial charge in [0.15, 0.2) is 5.69 Å². The van der Waals surface area contributed by atoms with Crippen molar-refractivity contribution in [3.05, 3.63) is 99.0 Å². The average molecular weight is 488 g/mol. The van der Waals surface area contributed by atoms with Gasteiger partial charge in [0.2, 0.25) is 11.2 Å². The topological polar surface area (TPSA) is 81.1 Å². The lowest BCUT2D eigenvalue weighted by atomic mass is 9.94. The summed E-state index contributed by atoms with van der Waals surface area (Å²) in [4.78, 5) is 40.4. The number of aromatic nitrogens is 1. The zero-order valence-corrected chi connectivity index (χ0v) is 20.6. The van der Waals surface area contributed by atoms with E-state index in [0.29, 0.717) is 6.67 Å². The van der Waals surface area contributed by atoms with Crippen molar-refractivity contribution in [3.63, 3.8) is 0 Å². The molecule has 1 aromatic heterocycles. The Morgan fingerprint density at radius 1 is 0.972 bits per heavy atom.